The first-order valence-electron chi connectivity index (χ1n) is 5.19. The van der Waals surface area contributed by atoms with Crippen LogP contribution in [0, 0.1) is 5.41 Å². The molecule has 80 valence electrons. The number of hydrogen-bond acceptors (Lipinski definition) is 1. The van der Waals surface area contributed by atoms with Crippen LogP contribution in [0.1, 0.15) is 39.0 Å². The summed E-state index contributed by atoms with van der Waals surface area (Å²) in [6, 6.07) is 0.602. The Hall–Kier alpha value is -0.570. The number of aliphatic imine (C=N–C) groups is 1. The highest BCUT2D eigenvalue weighted by molar-refractivity contribution is 6.64. The molecule has 0 unspecified atom stereocenters. The average molecular weight is 216 g/mol. The molecule has 3 nitrogen and oxygen atoms in total. The fourth-order valence-corrected chi connectivity index (χ4v) is 2.12. The van der Waals surface area contributed by atoms with Gasteiger partial charge in [0.15, 0.2) is 0 Å². The third kappa shape index (κ3) is 2.98. The van der Waals surface area contributed by atoms with Gasteiger partial charge in [0, 0.05) is 19.5 Å². The predicted molar refractivity (Wildman–Crippen MR) is 61.3 cm³/mol. The van der Waals surface area contributed by atoms with Crippen molar-refractivity contribution in [1.82, 2.24) is 4.90 Å². The first-order valence-corrected chi connectivity index (χ1v) is 5.57. The molecule has 1 fully saturated rings. The lowest BCUT2D eigenvalue weighted by molar-refractivity contribution is 0.366. The summed E-state index contributed by atoms with van der Waals surface area (Å²) in [6.45, 7) is 2.05. The predicted octanol–water partition coefficient (Wildman–Crippen LogP) is 2.84. The molecule has 4 heteroatoms. The van der Waals surface area contributed by atoms with Crippen LogP contribution in [0.4, 0.5) is 0 Å². The van der Waals surface area contributed by atoms with Crippen molar-refractivity contribution in [3.63, 3.8) is 0 Å². The van der Waals surface area contributed by atoms with Gasteiger partial charge in [-0.1, -0.05) is 19.8 Å². The quantitative estimate of drug-likeness (QED) is 0.430. The lowest BCUT2D eigenvalue weighted by Crippen LogP contribution is -2.35. The normalized spacial score (nSPS) is 18.6. The van der Waals surface area contributed by atoms with Gasteiger partial charge < -0.3 is 4.90 Å². The van der Waals surface area contributed by atoms with E-state index in [1.54, 1.807) is 0 Å². The molecule has 0 aromatic carbocycles. The van der Waals surface area contributed by atoms with Crippen LogP contribution < -0.4 is 0 Å². The molecule has 1 N–H and O–H groups in total. The van der Waals surface area contributed by atoms with Crippen molar-refractivity contribution in [2.24, 2.45) is 4.99 Å². The maximum Gasteiger partial charge on any atom is 0.216 e. The molecule has 1 saturated carbocycles. The highest BCUT2D eigenvalue weighted by Crippen LogP contribution is 2.23. The zero-order valence-corrected chi connectivity index (χ0v) is 9.64. The van der Waals surface area contributed by atoms with Crippen molar-refractivity contribution in [2.75, 3.05) is 7.05 Å². The van der Waals surface area contributed by atoms with Crippen LogP contribution in [-0.4, -0.2) is 29.1 Å². The summed E-state index contributed by atoms with van der Waals surface area (Å²) < 4.78 is 0. The van der Waals surface area contributed by atoms with Crippen molar-refractivity contribution in [2.45, 2.75) is 45.1 Å². The monoisotopic (exact) mass is 215 g/mol. The molecule has 0 aliphatic heterocycles. The fraction of sp³-hybridized carbons (Fsp3) is 0.800. The Labute approximate surface area is 90.7 Å². The van der Waals surface area contributed by atoms with Gasteiger partial charge in [0.25, 0.3) is 0 Å². The largest absolute Gasteiger partial charge is 0.360 e. The van der Waals surface area contributed by atoms with Gasteiger partial charge in [0.2, 0.25) is 5.29 Å². The number of amidine groups is 2. The van der Waals surface area contributed by atoms with Crippen LogP contribution in [0.2, 0.25) is 0 Å². The summed E-state index contributed by atoms with van der Waals surface area (Å²) in [5.74, 6) is 0.928. The topological polar surface area (TPSA) is 39.5 Å². The molecular formula is C10H18ClN3. The molecule has 1 aliphatic rings. The van der Waals surface area contributed by atoms with E-state index in [9.17, 15) is 0 Å². The van der Waals surface area contributed by atoms with Gasteiger partial charge in [-0.15, -0.1) is 0 Å². The molecule has 0 heterocycles. The molecule has 0 amide bonds. The Kier molecular flexibility index (Phi) is 4.39. The molecule has 0 atom stereocenters. The van der Waals surface area contributed by atoms with E-state index in [2.05, 4.69) is 16.9 Å². The molecule has 1 rings (SSSR count). The Morgan fingerprint density at radius 1 is 1.50 bits per heavy atom. The second kappa shape index (κ2) is 5.35. The number of rotatable bonds is 2. The van der Waals surface area contributed by atoms with E-state index in [1.165, 1.54) is 25.7 Å². The van der Waals surface area contributed by atoms with Gasteiger partial charge in [0.05, 0.1) is 0 Å². The zero-order chi connectivity index (χ0) is 10.6. The fourth-order valence-electron chi connectivity index (χ4n) is 2.02. The van der Waals surface area contributed by atoms with Crippen molar-refractivity contribution in [1.29, 1.82) is 5.41 Å². The van der Waals surface area contributed by atoms with E-state index in [4.69, 9.17) is 17.0 Å². The Morgan fingerprint density at radius 3 is 2.50 bits per heavy atom. The highest BCUT2D eigenvalue weighted by atomic mass is 35.5. The first-order chi connectivity index (χ1) is 6.65. The molecule has 0 radical (unpaired) electrons. The number of nitrogens with one attached hydrogen (secondary N) is 1. The van der Waals surface area contributed by atoms with Gasteiger partial charge in [-0.3, -0.25) is 5.41 Å². The molecule has 14 heavy (non-hydrogen) atoms. The second-order valence-corrected chi connectivity index (χ2v) is 4.08. The average Bonchev–Trinajstić information content (AvgIpc) is 2.65. The summed E-state index contributed by atoms with van der Waals surface area (Å²) in [6.07, 6.45) is 5.94. The van der Waals surface area contributed by atoms with Crippen LogP contribution in [0.3, 0.4) is 0 Å². The van der Waals surface area contributed by atoms with Crippen molar-refractivity contribution in [3.8, 4) is 0 Å². The standard InChI is InChI=1S/C10H18ClN3/c1-3-9(13-10(11)12)14(2)8-6-4-5-7-8/h8,12H,3-7H2,1-2H3/b12-10?,13-9+. The molecule has 0 bridgehead atoms. The minimum atomic E-state index is -0.119. The lowest BCUT2D eigenvalue weighted by Gasteiger charge is -2.27. The van der Waals surface area contributed by atoms with Crippen LogP contribution in [0.5, 0.6) is 0 Å². The summed E-state index contributed by atoms with van der Waals surface area (Å²) in [5.41, 5.74) is 0. The van der Waals surface area contributed by atoms with Crippen molar-refractivity contribution < 1.29 is 0 Å². The van der Waals surface area contributed by atoms with E-state index < -0.39 is 0 Å². The van der Waals surface area contributed by atoms with Crippen molar-refractivity contribution in [3.05, 3.63) is 0 Å². The Balaban J connectivity index is 2.63. The van der Waals surface area contributed by atoms with Gasteiger partial charge in [-0.05, 0) is 24.4 Å². The first kappa shape index (κ1) is 11.5. The van der Waals surface area contributed by atoms with E-state index in [-0.39, 0.29) is 5.29 Å². The SMILES string of the molecule is CC/C(=N\C(=N)Cl)N(C)C1CCCC1. The van der Waals surface area contributed by atoms with Crippen LogP contribution in [-0.2, 0) is 0 Å². The lowest BCUT2D eigenvalue weighted by atomic mass is 10.2. The minimum Gasteiger partial charge on any atom is -0.360 e. The third-order valence-corrected chi connectivity index (χ3v) is 2.91. The molecule has 0 spiro atoms. The van der Waals surface area contributed by atoms with E-state index >= 15 is 0 Å². The number of nitrogens with zero attached hydrogens (tertiary/aromatic N) is 2. The Bertz CT molecular complexity index is 232. The minimum absolute atomic E-state index is 0.119. The van der Waals surface area contributed by atoms with Gasteiger partial charge in [-0.25, -0.2) is 4.99 Å². The van der Waals surface area contributed by atoms with Crippen LogP contribution in [0.15, 0.2) is 4.99 Å². The van der Waals surface area contributed by atoms with Gasteiger partial charge in [-0.2, -0.15) is 0 Å². The van der Waals surface area contributed by atoms with E-state index in [0.717, 1.165) is 12.3 Å². The van der Waals surface area contributed by atoms with E-state index in [0.29, 0.717) is 6.04 Å². The summed E-state index contributed by atoms with van der Waals surface area (Å²) in [5, 5.41) is 7.02. The second-order valence-electron chi connectivity index (χ2n) is 3.72. The molecular weight excluding hydrogens is 198 g/mol. The molecule has 1 aliphatic carbocycles. The zero-order valence-electron chi connectivity index (χ0n) is 8.89. The smallest absolute Gasteiger partial charge is 0.216 e. The number of hydrogen-bond donors (Lipinski definition) is 1. The van der Waals surface area contributed by atoms with Crippen molar-refractivity contribution >= 4 is 22.7 Å². The van der Waals surface area contributed by atoms with E-state index in [1.807, 2.05) is 6.92 Å². The Morgan fingerprint density at radius 2 is 2.07 bits per heavy atom. The summed E-state index contributed by atoms with van der Waals surface area (Å²) in [4.78, 5) is 6.22. The maximum atomic E-state index is 7.14. The molecule has 0 saturated heterocycles. The van der Waals surface area contributed by atoms with Gasteiger partial charge in [0.1, 0.15) is 5.84 Å². The molecule has 0 aromatic rings. The van der Waals surface area contributed by atoms with Crippen LogP contribution in [0.25, 0.3) is 0 Å². The summed E-state index contributed by atoms with van der Waals surface area (Å²) >= 11 is 5.47. The summed E-state index contributed by atoms with van der Waals surface area (Å²) in [7, 11) is 2.05. The van der Waals surface area contributed by atoms with Crippen LogP contribution >= 0.6 is 11.6 Å². The molecule has 0 aromatic heterocycles. The highest BCUT2D eigenvalue weighted by Gasteiger charge is 2.21. The third-order valence-electron chi connectivity index (χ3n) is 2.82. The maximum absolute atomic E-state index is 7.14. The number of halogens is 1. The van der Waals surface area contributed by atoms with Gasteiger partial charge >= 0.3 is 0 Å².